The van der Waals surface area contributed by atoms with Crippen molar-refractivity contribution in [1.82, 2.24) is 4.31 Å². The molecule has 0 N–H and O–H groups in total. The monoisotopic (exact) mass is 313 g/mol. The molecule has 0 fully saturated rings. The second kappa shape index (κ2) is 7.15. The Morgan fingerprint density at radius 3 is 2.23 bits per heavy atom. The molecule has 0 saturated carbocycles. The van der Waals surface area contributed by atoms with Crippen LogP contribution in [0.2, 0.25) is 0 Å². The van der Waals surface area contributed by atoms with Crippen molar-refractivity contribution in [1.29, 1.82) is 0 Å². The van der Waals surface area contributed by atoms with Gasteiger partial charge in [-0.2, -0.15) is 0 Å². The quantitative estimate of drug-likeness (QED) is 0.639. The summed E-state index contributed by atoms with van der Waals surface area (Å²) in [7, 11) is -3.63. The third-order valence-electron chi connectivity index (χ3n) is 3.16. The van der Waals surface area contributed by atoms with Gasteiger partial charge in [0.05, 0.1) is 11.4 Å². The highest BCUT2D eigenvalue weighted by atomic mass is 32.2. The third-order valence-corrected chi connectivity index (χ3v) is 4.83. The summed E-state index contributed by atoms with van der Waals surface area (Å²) in [4.78, 5) is 0.263. The van der Waals surface area contributed by atoms with Gasteiger partial charge in [0, 0.05) is 12.5 Å². The van der Waals surface area contributed by atoms with Crippen molar-refractivity contribution >= 4 is 10.0 Å². The number of hydrogen-bond acceptors (Lipinski definition) is 2. The van der Waals surface area contributed by atoms with Crippen LogP contribution in [-0.2, 0) is 16.6 Å². The van der Waals surface area contributed by atoms with Crippen molar-refractivity contribution < 1.29 is 8.42 Å². The second-order valence-corrected chi connectivity index (χ2v) is 6.81. The topological polar surface area (TPSA) is 37.4 Å². The van der Waals surface area contributed by atoms with Crippen LogP contribution in [0.4, 0.5) is 0 Å². The Morgan fingerprint density at radius 1 is 1.00 bits per heavy atom. The van der Waals surface area contributed by atoms with Gasteiger partial charge in [-0.3, -0.25) is 0 Å². The van der Waals surface area contributed by atoms with Crippen LogP contribution in [0.5, 0.6) is 0 Å². The molecule has 2 aromatic carbocycles. The highest BCUT2D eigenvalue weighted by molar-refractivity contribution is 7.89. The van der Waals surface area contributed by atoms with Crippen molar-refractivity contribution in [2.24, 2.45) is 0 Å². The molecular formula is C18H19NO2S. The minimum Gasteiger partial charge on any atom is -0.220 e. The molecule has 0 spiro atoms. The fourth-order valence-corrected chi connectivity index (χ4v) is 3.18. The Hall–Kier alpha value is -2.25. The van der Waals surface area contributed by atoms with Gasteiger partial charge in [0.25, 0.3) is 10.0 Å². The lowest BCUT2D eigenvalue weighted by atomic mass is 10.2. The zero-order valence-corrected chi connectivity index (χ0v) is 13.6. The van der Waals surface area contributed by atoms with Crippen LogP contribution in [-0.4, -0.2) is 12.7 Å². The molecule has 0 aromatic heterocycles. The largest absolute Gasteiger partial charge is 0.271 e. The van der Waals surface area contributed by atoms with Crippen molar-refractivity contribution in [3.05, 3.63) is 65.7 Å². The molecule has 0 atom stereocenters. The van der Waals surface area contributed by atoms with E-state index >= 15 is 0 Å². The maximum Gasteiger partial charge on any atom is 0.271 e. The van der Waals surface area contributed by atoms with E-state index in [4.69, 9.17) is 0 Å². The van der Waals surface area contributed by atoms with Crippen molar-refractivity contribution in [2.75, 3.05) is 0 Å². The van der Waals surface area contributed by atoms with E-state index in [9.17, 15) is 8.42 Å². The lowest BCUT2D eigenvalue weighted by Gasteiger charge is -2.18. The van der Waals surface area contributed by atoms with E-state index in [-0.39, 0.29) is 11.4 Å². The zero-order chi connectivity index (χ0) is 16.0. The molecular weight excluding hydrogens is 294 g/mol. The molecule has 0 amide bonds. The molecule has 0 radical (unpaired) electrons. The first-order valence-electron chi connectivity index (χ1n) is 7.16. The van der Waals surface area contributed by atoms with E-state index in [1.54, 1.807) is 24.3 Å². The van der Waals surface area contributed by atoms with E-state index in [1.807, 2.05) is 44.2 Å². The molecule has 0 bridgehead atoms. The summed E-state index contributed by atoms with van der Waals surface area (Å²) < 4.78 is 26.8. The Balaban J connectivity index is 2.37. The molecule has 3 nitrogen and oxygen atoms in total. The molecule has 114 valence electrons. The van der Waals surface area contributed by atoms with Gasteiger partial charge in [0.15, 0.2) is 0 Å². The van der Waals surface area contributed by atoms with E-state index in [1.165, 1.54) is 4.31 Å². The number of nitrogens with zero attached hydrogens (tertiary/aromatic N) is 1. The SMILES string of the molecule is CCC#CN(Cc1ccccc1)S(=O)(=O)c1ccc(C)cc1. The molecule has 22 heavy (non-hydrogen) atoms. The minimum atomic E-state index is -3.63. The summed E-state index contributed by atoms with van der Waals surface area (Å²) in [6.07, 6.45) is 0.606. The summed E-state index contributed by atoms with van der Waals surface area (Å²) in [6.45, 7) is 4.06. The number of benzene rings is 2. The van der Waals surface area contributed by atoms with Crippen LogP contribution >= 0.6 is 0 Å². The van der Waals surface area contributed by atoms with E-state index in [0.717, 1.165) is 11.1 Å². The first-order valence-corrected chi connectivity index (χ1v) is 8.60. The predicted molar refractivity (Wildman–Crippen MR) is 88.4 cm³/mol. The molecule has 0 aliphatic heterocycles. The maximum absolute atomic E-state index is 12.8. The molecule has 2 aromatic rings. The van der Waals surface area contributed by atoms with Crippen LogP contribution in [0.3, 0.4) is 0 Å². The summed E-state index contributed by atoms with van der Waals surface area (Å²) in [6, 6.07) is 19.1. The van der Waals surface area contributed by atoms with Crippen molar-refractivity contribution in [3.8, 4) is 12.0 Å². The Morgan fingerprint density at radius 2 is 1.64 bits per heavy atom. The van der Waals surface area contributed by atoms with E-state index < -0.39 is 10.0 Å². The number of sulfonamides is 1. The lowest BCUT2D eigenvalue weighted by Crippen LogP contribution is -2.26. The Kier molecular flexibility index (Phi) is 5.24. The first kappa shape index (κ1) is 16.1. The number of rotatable bonds is 4. The molecule has 0 aliphatic carbocycles. The average Bonchev–Trinajstić information content (AvgIpc) is 2.52. The Bertz CT molecular complexity index is 769. The van der Waals surface area contributed by atoms with Crippen LogP contribution in [0, 0.1) is 18.9 Å². The van der Waals surface area contributed by atoms with Crippen LogP contribution in [0.25, 0.3) is 0 Å². The second-order valence-electron chi connectivity index (χ2n) is 4.95. The minimum absolute atomic E-state index is 0.240. The summed E-state index contributed by atoms with van der Waals surface area (Å²) in [5.41, 5.74) is 1.93. The summed E-state index contributed by atoms with van der Waals surface area (Å²) in [5, 5.41) is 0. The van der Waals surface area contributed by atoms with Gasteiger partial charge in [-0.15, -0.1) is 0 Å². The van der Waals surface area contributed by atoms with Gasteiger partial charge in [0.1, 0.15) is 0 Å². The molecule has 4 heteroatoms. The normalized spacial score (nSPS) is 10.6. The predicted octanol–water partition coefficient (Wildman–Crippen LogP) is 3.56. The van der Waals surface area contributed by atoms with Gasteiger partial charge in [0.2, 0.25) is 0 Å². The summed E-state index contributed by atoms with van der Waals surface area (Å²) >= 11 is 0. The molecule has 2 rings (SSSR count). The fourth-order valence-electron chi connectivity index (χ4n) is 1.94. The lowest BCUT2D eigenvalue weighted by molar-refractivity contribution is 0.508. The van der Waals surface area contributed by atoms with Gasteiger partial charge < -0.3 is 0 Å². The van der Waals surface area contributed by atoms with Gasteiger partial charge in [-0.1, -0.05) is 60.9 Å². The fraction of sp³-hybridized carbons (Fsp3) is 0.222. The molecule has 0 saturated heterocycles. The first-order chi connectivity index (χ1) is 10.5. The zero-order valence-electron chi connectivity index (χ0n) is 12.8. The van der Waals surface area contributed by atoms with E-state index in [0.29, 0.717) is 6.42 Å². The standard InChI is InChI=1S/C18H19NO2S/c1-3-4-14-19(15-17-8-6-5-7-9-17)22(20,21)18-12-10-16(2)11-13-18/h5-13H,3,15H2,1-2H3. The van der Waals surface area contributed by atoms with Crippen molar-refractivity contribution in [2.45, 2.75) is 31.7 Å². The third kappa shape index (κ3) is 3.90. The van der Waals surface area contributed by atoms with Gasteiger partial charge in [-0.25, -0.2) is 12.7 Å². The molecule has 0 unspecified atom stereocenters. The van der Waals surface area contributed by atoms with Crippen molar-refractivity contribution in [3.63, 3.8) is 0 Å². The van der Waals surface area contributed by atoms with Gasteiger partial charge in [-0.05, 0) is 24.6 Å². The highest BCUT2D eigenvalue weighted by Crippen LogP contribution is 2.18. The number of aryl methyl sites for hydroxylation is 1. The van der Waals surface area contributed by atoms with Crippen LogP contribution in [0.15, 0.2) is 59.5 Å². The van der Waals surface area contributed by atoms with Crippen LogP contribution in [0.1, 0.15) is 24.5 Å². The smallest absolute Gasteiger partial charge is 0.220 e. The Labute approximate surface area is 132 Å². The van der Waals surface area contributed by atoms with Gasteiger partial charge >= 0.3 is 0 Å². The average molecular weight is 313 g/mol. The van der Waals surface area contributed by atoms with E-state index in [2.05, 4.69) is 12.0 Å². The molecule has 0 aliphatic rings. The number of hydrogen-bond donors (Lipinski definition) is 0. The summed E-state index contributed by atoms with van der Waals surface area (Å²) in [5.74, 6) is 2.85. The molecule has 0 heterocycles. The highest BCUT2D eigenvalue weighted by Gasteiger charge is 2.22. The van der Waals surface area contributed by atoms with Crippen LogP contribution < -0.4 is 0 Å². The maximum atomic E-state index is 12.8.